The Labute approximate surface area is 122 Å². The maximum atomic E-state index is 4.68. The molecule has 1 aliphatic rings. The van der Waals surface area contributed by atoms with Gasteiger partial charge in [-0.15, -0.1) is 5.10 Å². The fourth-order valence-corrected chi connectivity index (χ4v) is 3.01. The fourth-order valence-electron chi connectivity index (χ4n) is 3.01. The van der Waals surface area contributed by atoms with Crippen LogP contribution in [-0.4, -0.2) is 38.1 Å². The third-order valence-corrected chi connectivity index (χ3v) is 4.21. The molecular weight excluding hydrogens is 264 g/mol. The minimum atomic E-state index is 0.673. The highest BCUT2D eigenvalue weighted by Crippen LogP contribution is 2.24. The van der Waals surface area contributed by atoms with Gasteiger partial charge in [-0.25, -0.2) is 4.98 Å². The molecule has 3 heterocycles. The predicted molar refractivity (Wildman–Crippen MR) is 81.1 cm³/mol. The van der Waals surface area contributed by atoms with E-state index < -0.39 is 0 Å². The van der Waals surface area contributed by atoms with E-state index in [4.69, 9.17) is 0 Å². The Morgan fingerprint density at radius 2 is 2.05 bits per heavy atom. The molecule has 1 aromatic carbocycles. The van der Waals surface area contributed by atoms with Gasteiger partial charge in [0, 0.05) is 25.8 Å². The van der Waals surface area contributed by atoms with Crippen LogP contribution in [0.3, 0.4) is 0 Å². The van der Waals surface area contributed by atoms with Crippen LogP contribution < -0.4 is 4.90 Å². The fraction of sp³-hybridized carbons (Fsp3) is 0.400. The number of nitrogens with zero attached hydrogens (tertiary/aromatic N) is 5. The van der Waals surface area contributed by atoms with Crippen LogP contribution in [0.4, 0.5) is 5.95 Å². The second kappa shape index (κ2) is 5.20. The smallest absolute Gasteiger partial charge is 0.203 e. The Morgan fingerprint density at radius 3 is 2.81 bits per heavy atom. The number of aromatic amines is 1. The first-order chi connectivity index (χ1) is 10.4. The average molecular weight is 282 g/mol. The average Bonchev–Trinajstić information content (AvgIpc) is 3.16. The second-order valence-corrected chi connectivity index (χ2v) is 5.63. The molecule has 0 saturated carbocycles. The van der Waals surface area contributed by atoms with Gasteiger partial charge in [0.05, 0.1) is 17.2 Å². The number of benzene rings is 1. The van der Waals surface area contributed by atoms with Gasteiger partial charge in [0.1, 0.15) is 0 Å². The molecule has 0 radical (unpaired) electrons. The minimum absolute atomic E-state index is 0.673. The van der Waals surface area contributed by atoms with Crippen LogP contribution in [0.15, 0.2) is 36.7 Å². The molecule has 2 aromatic heterocycles. The molecule has 0 atom stereocenters. The van der Waals surface area contributed by atoms with Crippen LogP contribution in [0, 0.1) is 5.92 Å². The van der Waals surface area contributed by atoms with E-state index in [1.165, 1.54) is 0 Å². The van der Waals surface area contributed by atoms with Gasteiger partial charge in [-0.2, -0.15) is 0 Å². The van der Waals surface area contributed by atoms with E-state index in [0.29, 0.717) is 5.92 Å². The van der Waals surface area contributed by atoms with Crippen molar-refractivity contribution in [3.05, 3.63) is 36.7 Å². The Kier molecular flexibility index (Phi) is 3.06. The number of nitrogens with one attached hydrogen (secondary N) is 1. The van der Waals surface area contributed by atoms with Crippen molar-refractivity contribution < 1.29 is 0 Å². The van der Waals surface area contributed by atoms with Crippen LogP contribution >= 0.6 is 0 Å². The minimum Gasteiger partial charge on any atom is -0.342 e. The van der Waals surface area contributed by atoms with Crippen LogP contribution in [0.1, 0.15) is 12.8 Å². The van der Waals surface area contributed by atoms with E-state index in [1.54, 1.807) is 6.20 Å². The van der Waals surface area contributed by atoms with Crippen molar-refractivity contribution in [3.63, 3.8) is 0 Å². The maximum Gasteiger partial charge on any atom is 0.203 e. The van der Waals surface area contributed by atoms with Crippen molar-refractivity contribution in [2.24, 2.45) is 5.92 Å². The third kappa shape index (κ3) is 2.49. The normalized spacial score (nSPS) is 16.7. The Bertz CT molecular complexity index is 676. The van der Waals surface area contributed by atoms with E-state index in [9.17, 15) is 0 Å². The zero-order chi connectivity index (χ0) is 14.1. The van der Waals surface area contributed by atoms with E-state index >= 15 is 0 Å². The van der Waals surface area contributed by atoms with Gasteiger partial charge < -0.3 is 9.88 Å². The first kappa shape index (κ1) is 12.4. The maximum absolute atomic E-state index is 4.68. The van der Waals surface area contributed by atoms with Crippen LogP contribution in [0.25, 0.3) is 11.0 Å². The summed E-state index contributed by atoms with van der Waals surface area (Å²) in [5.41, 5.74) is 2.15. The van der Waals surface area contributed by atoms with Crippen molar-refractivity contribution in [1.82, 2.24) is 25.0 Å². The Morgan fingerprint density at radius 1 is 1.19 bits per heavy atom. The Balaban J connectivity index is 1.42. The molecule has 0 unspecified atom stereocenters. The van der Waals surface area contributed by atoms with E-state index in [0.717, 1.165) is 49.5 Å². The molecule has 1 saturated heterocycles. The van der Waals surface area contributed by atoms with E-state index in [1.807, 2.05) is 29.1 Å². The summed E-state index contributed by atoms with van der Waals surface area (Å²) in [5.74, 6) is 1.67. The lowest BCUT2D eigenvalue weighted by Gasteiger charge is -2.31. The number of H-pyrrole nitrogens is 1. The molecule has 3 aromatic rings. The number of aromatic nitrogens is 5. The van der Waals surface area contributed by atoms with Crippen molar-refractivity contribution in [1.29, 1.82) is 0 Å². The summed E-state index contributed by atoms with van der Waals surface area (Å²) >= 11 is 0. The van der Waals surface area contributed by atoms with Crippen LogP contribution in [0.2, 0.25) is 0 Å². The molecule has 0 aliphatic carbocycles. The highest BCUT2D eigenvalue weighted by molar-refractivity contribution is 5.77. The van der Waals surface area contributed by atoms with Crippen molar-refractivity contribution in [2.45, 2.75) is 19.4 Å². The summed E-state index contributed by atoms with van der Waals surface area (Å²) in [6, 6.07) is 8.18. The van der Waals surface area contributed by atoms with Gasteiger partial charge in [0.15, 0.2) is 0 Å². The lowest BCUT2D eigenvalue weighted by Crippen LogP contribution is -2.35. The molecule has 1 N–H and O–H groups in total. The molecule has 6 heteroatoms. The number of hydrogen-bond donors (Lipinski definition) is 1. The van der Waals surface area contributed by atoms with Crippen molar-refractivity contribution in [3.8, 4) is 0 Å². The summed E-state index contributed by atoms with van der Waals surface area (Å²) in [7, 11) is 0. The molecule has 1 fully saturated rings. The summed E-state index contributed by atoms with van der Waals surface area (Å²) in [4.78, 5) is 10.4. The lowest BCUT2D eigenvalue weighted by molar-refractivity contribution is 0.337. The lowest BCUT2D eigenvalue weighted by atomic mass is 9.97. The number of rotatable bonds is 3. The Hall–Kier alpha value is -2.37. The predicted octanol–water partition coefficient (Wildman–Crippen LogP) is 2.07. The monoisotopic (exact) mass is 282 g/mol. The first-order valence-corrected chi connectivity index (χ1v) is 7.42. The number of para-hydroxylation sites is 2. The summed E-state index contributed by atoms with van der Waals surface area (Å²) in [5, 5.41) is 7.91. The highest BCUT2D eigenvalue weighted by atomic mass is 15.4. The van der Waals surface area contributed by atoms with Crippen LogP contribution in [-0.2, 0) is 6.54 Å². The quantitative estimate of drug-likeness (QED) is 0.799. The van der Waals surface area contributed by atoms with Crippen molar-refractivity contribution in [2.75, 3.05) is 18.0 Å². The largest absolute Gasteiger partial charge is 0.342 e. The number of piperidine rings is 1. The molecule has 0 bridgehead atoms. The summed E-state index contributed by atoms with van der Waals surface area (Å²) in [6.45, 7) is 3.05. The van der Waals surface area contributed by atoms with E-state index in [2.05, 4.69) is 31.2 Å². The molecule has 21 heavy (non-hydrogen) atoms. The molecule has 0 spiro atoms. The number of anilines is 1. The molecular formula is C15H18N6. The third-order valence-electron chi connectivity index (χ3n) is 4.21. The molecule has 4 rings (SSSR count). The number of fused-ring (bicyclic) bond motifs is 1. The van der Waals surface area contributed by atoms with Gasteiger partial charge in [0.25, 0.3) is 0 Å². The number of imidazole rings is 1. The second-order valence-electron chi connectivity index (χ2n) is 5.63. The first-order valence-electron chi connectivity index (χ1n) is 7.42. The standard InChI is InChI=1S/C15H18N6/c1-2-4-14-13(3-1)17-15(18-14)20-8-5-12(6-9-20)11-21-10-7-16-19-21/h1-4,7,10,12H,5-6,8-9,11H2,(H,17,18). The zero-order valence-corrected chi connectivity index (χ0v) is 11.8. The van der Waals surface area contributed by atoms with Gasteiger partial charge in [-0.3, -0.25) is 4.68 Å². The van der Waals surface area contributed by atoms with E-state index in [-0.39, 0.29) is 0 Å². The summed E-state index contributed by atoms with van der Waals surface area (Å²) in [6.07, 6.45) is 6.00. The van der Waals surface area contributed by atoms with Gasteiger partial charge in [-0.05, 0) is 30.9 Å². The zero-order valence-electron chi connectivity index (χ0n) is 11.8. The van der Waals surface area contributed by atoms with Gasteiger partial charge >= 0.3 is 0 Å². The number of hydrogen-bond acceptors (Lipinski definition) is 4. The SMILES string of the molecule is c1ccc2[nH]c(N3CCC(Cn4ccnn4)CC3)nc2c1. The molecule has 1 aliphatic heterocycles. The molecule has 6 nitrogen and oxygen atoms in total. The highest BCUT2D eigenvalue weighted by Gasteiger charge is 2.21. The molecule has 108 valence electrons. The van der Waals surface area contributed by atoms with Crippen LogP contribution in [0.5, 0.6) is 0 Å². The van der Waals surface area contributed by atoms with Gasteiger partial charge in [-0.1, -0.05) is 17.3 Å². The molecule has 0 amide bonds. The summed E-state index contributed by atoms with van der Waals surface area (Å²) < 4.78 is 1.93. The topological polar surface area (TPSA) is 62.6 Å². The van der Waals surface area contributed by atoms with Crippen molar-refractivity contribution >= 4 is 17.0 Å². The van der Waals surface area contributed by atoms with Gasteiger partial charge in [0.2, 0.25) is 5.95 Å².